The van der Waals surface area contributed by atoms with Crippen LogP contribution in [-0.2, 0) is 19.5 Å². The monoisotopic (exact) mass is 454 g/mol. The number of nitrogens with one attached hydrogen (secondary N) is 1. The Morgan fingerprint density at radius 2 is 1.97 bits per heavy atom. The number of hydrogen-bond acceptors (Lipinski definition) is 3. The van der Waals surface area contributed by atoms with Gasteiger partial charge in [0.05, 0.1) is 13.1 Å². The molecule has 0 aliphatic carbocycles. The van der Waals surface area contributed by atoms with Gasteiger partial charge in [0.15, 0.2) is 5.69 Å². The zero-order valence-electron chi connectivity index (χ0n) is 17.7. The van der Waals surface area contributed by atoms with Gasteiger partial charge < -0.3 is 10.2 Å². The number of aromatic nitrogens is 2. The van der Waals surface area contributed by atoms with Crippen molar-refractivity contribution >= 4 is 23.4 Å². The number of hydrogen-bond donors (Lipinski definition) is 1. The fourth-order valence-corrected chi connectivity index (χ4v) is 3.99. The van der Waals surface area contributed by atoms with Gasteiger partial charge in [-0.15, -0.1) is 0 Å². The highest BCUT2D eigenvalue weighted by Gasteiger charge is 2.29. The zero-order chi connectivity index (χ0) is 22.7. The Morgan fingerprint density at radius 1 is 1.19 bits per heavy atom. The van der Waals surface area contributed by atoms with Crippen molar-refractivity contribution in [3.8, 4) is 0 Å². The molecule has 166 valence electrons. The van der Waals surface area contributed by atoms with Gasteiger partial charge in [0.2, 0.25) is 0 Å². The van der Waals surface area contributed by atoms with E-state index >= 15 is 0 Å². The summed E-state index contributed by atoms with van der Waals surface area (Å²) < 4.78 is 15.7. The van der Waals surface area contributed by atoms with Crippen LogP contribution in [0.25, 0.3) is 0 Å². The van der Waals surface area contributed by atoms with Crippen molar-refractivity contribution in [1.82, 2.24) is 20.0 Å². The number of nitrogens with zero attached hydrogens (tertiary/aromatic N) is 3. The van der Waals surface area contributed by atoms with E-state index in [1.165, 1.54) is 33.3 Å². The van der Waals surface area contributed by atoms with E-state index in [2.05, 4.69) is 22.5 Å². The minimum Gasteiger partial charge on any atom is -0.348 e. The lowest BCUT2D eigenvalue weighted by Gasteiger charge is -2.27. The molecule has 6 nitrogen and oxygen atoms in total. The molecule has 0 saturated heterocycles. The molecule has 2 aromatic carbocycles. The van der Waals surface area contributed by atoms with E-state index in [9.17, 15) is 14.0 Å². The molecule has 32 heavy (non-hydrogen) atoms. The maximum Gasteiger partial charge on any atom is 0.272 e. The Hall–Kier alpha value is -3.19. The topological polar surface area (TPSA) is 67.2 Å². The second kappa shape index (κ2) is 9.53. The van der Waals surface area contributed by atoms with Crippen molar-refractivity contribution in [3.63, 3.8) is 0 Å². The molecule has 1 N–H and O–H groups in total. The standard InChI is InChI=1S/C24H24ClFN4O2/c1-16(10-11-17-6-3-2-4-7-17)27-23(31)21-14-22-24(32)29(12-13-30(22)28-21)15-18-19(25)8-5-9-20(18)26/h2-9,14,16H,10-13,15H2,1H3,(H,27,31). The van der Waals surface area contributed by atoms with Gasteiger partial charge in [-0.1, -0.05) is 48.0 Å². The Labute approximate surface area is 191 Å². The molecule has 0 bridgehead atoms. The Morgan fingerprint density at radius 3 is 2.72 bits per heavy atom. The number of amides is 2. The fourth-order valence-electron chi connectivity index (χ4n) is 3.77. The van der Waals surface area contributed by atoms with Crippen LogP contribution in [0.3, 0.4) is 0 Å². The van der Waals surface area contributed by atoms with Crippen molar-refractivity contribution in [2.75, 3.05) is 6.54 Å². The number of benzene rings is 2. The Bertz CT molecular complexity index is 1110. The van der Waals surface area contributed by atoms with E-state index in [0.29, 0.717) is 18.8 Å². The van der Waals surface area contributed by atoms with Gasteiger partial charge >= 0.3 is 0 Å². The highest BCUT2D eigenvalue weighted by Crippen LogP contribution is 2.23. The van der Waals surface area contributed by atoms with Crippen LogP contribution >= 0.6 is 11.6 Å². The van der Waals surface area contributed by atoms with Crippen LogP contribution in [-0.4, -0.2) is 39.1 Å². The molecule has 0 radical (unpaired) electrons. The number of rotatable bonds is 7. The average molecular weight is 455 g/mol. The molecule has 2 heterocycles. The minimum absolute atomic E-state index is 0.0446. The first-order valence-electron chi connectivity index (χ1n) is 10.6. The molecule has 1 atom stereocenters. The molecule has 0 spiro atoms. The highest BCUT2D eigenvalue weighted by atomic mass is 35.5. The second-order valence-corrected chi connectivity index (χ2v) is 8.37. The third-order valence-corrected chi connectivity index (χ3v) is 5.95. The molecular formula is C24H24ClFN4O2. The molecule has 1 aromatic heterocycles. The van der Waals surface area contributed by atoms with Crippen molar-refractivity contribution < 1.29 is 14.0 Å². The molecule has 0 fully saturated rings. The molecule has 1 unspecified atom stereocenters. The van der Waals surface area contributed by atoms with Crippen LogP contribution in [0.4, 0.5) is 4.39 Å². The fraction of sp³-hybridized carbons (Fsp3) is 0.292. The molecule has 1 aliphatic heterocycles. The van der Waals surface area contributed by atoms with Gasteiger partial charge in [0, 0.05) is 29.2 Å². The number of carbonyl (C=O) groups is 2. The summed E-state index contributed by atoms with van der Waals surface area (Å²) in [5.41, 5.74) is 2.00. The summed E-state index contributed by atoms with van der Waals surface area (Å²) in [7, 11) is 0. The van der Waals surface area contributed by atoms with Crippen LogP contribution in [0.1, 0.15) is 45.4 Å². The van der Waals surface area contributed by atoms with Crippen LogP contribution in [0.15, 0.2) is 54.6 Å². The second-order valence-electron chi connectivity index (χ2n) is 7.96. The maximum absolute atomic E-state index is 14.1. The van der Waals surface area contributed by atoms with Crippen molar-refractivity contribution in [1.29, 1.82) is 0 Å². The minimum atomic E-state index is -0.450. The zero-order valence-corrected chi connectivity index (χ0v) is 18.5. The molecule has 4 rings (SSSR count). The van der Waals surface area contributed by atoms with E-state index in [4.69, 9.17) is 11.6 Å². The summed E-state index contributed by atoms with van der Waals surface area (Å²) in [5.74, 6) is -1.07. The molecule has 2 amide bonds. The quantitative estimate of drug-likeness (QED) is 0.585. The lowest BCUT2D eigenvalue weighted by molar-refractivity contribution is 0.0681. The highest BCUT2D eigenvalue weighted by molar-refractivity contribution is 6.31. The summed E-state index contributed by atoms with van der Waals surface area (Å²) in [4.78, 5) is 27.1. The smallest absolute Gasteiger partial charge is 0.272 e. The normalized spacial score (nSPS) is 14.2. The van der Waals surface area contributed by atoms with Crippen LogP contribution < -0.4 is 5.32 Å². The van der Waals surface area contributed by atoms with E-state index < -0.39 is 5.82 Å². The van der Waals surface area contributed by atoms with E-state index in [1.807, 2.05) is 25.1 Å². The summed E-state index contributed by atoms with van der Waals surface area (Å²) >= 11 is 6.11. The van der Waals surface area contributed by atoms with Gasteiger partial charge in [0.25, 0.3) is 11.8 Å². The predicted octanol–water partition coefficient (Wildman–Crippen LogP) is 4.08. The van der Waals surface area contributed by atoms with Gasteiger partial charge in [-0.2, -0.15) is 5.10 Å². The molecule has 3 aromatic rings. The third kappa shape index (κ3) is 4.83. The van der Waals surface area contributed by atoms with Gasteiger partial charge in [-0.3, -0.25) is 14.3 Å². The van der Waals surface area contributed by atoms with E-state index in [0.717, 1.165) is 12.8 Å². The van der Waals surface area contributed by atoms with E-state index in [1.54, 1.807) is 6.07 Å². The maximum atomic E-state index is 14.1. The lowest BCUT2D eigenvalue weighted by atomic mass is 10.1. The number of carbonyl (C=O) groups excluding carboxylic acids is 2. The Kier molecular flexibility index (Phi) is 6.55. The predicted molar refractivity (Wildman–Crippen MR) is 120 cm³/mol. The molecule has 0 saturated carbocycles. The number of halogens is 2. The van der Waals surface area contributed by atoms with Crippen LogP contribution in [0.2, 0.25) is 5.02 Å². The molecule has 1 aliphatic rings. The summed E-state index contributed by atoms with van der Waals surface area (Å²) in [6, 6.07) is 16.0. The van der Waals surface area contributed by atoms with Gasteiger partial charge in [-0.25, -0.2) is 4.39 Å². The van der Waals surface area contributed by atoms with E-state index in [-0.39, 0.29) is 40.7 Å². The average Bonchev–Trinajstić information content (AvgIpc) is 3.23. The number of aryl methyl sites for hydroxylation is 1. The molecule has 8 heteroatoms. The van der Waals surface area contributed by atoms with Crippen molar-refractivity contribution in [2.45, 2.75) is 38.9 Å². The van der Waals surface area contributed by atoms with Crippen LogP contribution in [0.5, 0.6) is 0 Å². The Balaban J connectivity index is 1.40. The SMILES string of the molecule is CC(CCc1ccccc1)NC(=O)c1cc2n(n1)CCN(Cc1c(F)cccc1Cl)C2=O. The van der Waals surface area contributed by atoms with Crippen LogP contribution in [0, 0.1) is 5.82 Å². The van der Waals surface area contributed by atoms with Gasteiger partial charge in [-0.05, 0) is 37.5 Å². The third-order valence-electron chi connectivity index (χ3n) is 5.60. The lowest BCUT2D eigenvalue weighted by Crippen LogP contribution is -2.40. The largest absolute Gasteiger partial charge is 0.348 e. The first-order chi connectivity index (χ1) is 15.4. The van der Waals surface area contributed by atoms with Gasteiger partial charge in [0.1, 0.15) is 11.5 Å². The summed E-state index contributed by atoms with van der Waals surface area (Å²) in [6.45, 7) is 2.78. The van der Waals surface area contributed by atoms with Crippen molar-refractivity contribution in [2.24, 2.45) is 0 Å². The summed E-state index contributed by atoms with van der Waals surface area (Å²) in [5, 5.41) is 7.53. The first-order valence-corrected chi connectivity index (χ1v) is 10.9. The summed E-state index contributed by atoms with van der Waals surface area (Å²) in [6.07, 6.45) is 1.65. The number of fused-ring (bicyclic) bond motifs is 1. The first kappa shape index (κ1) is 22.0. The van der Waals surface area contributed by atoms with Crippen molar-refractivity contribution in [3.05, 3.63) is 88.0 Å². The molecular weight excluding hydrogens is 431 g/mol.